The van der Waals surface area contributed by atoms with Gasteiger partial charge in [0, 0.05) is 12.8 Å². The second kappa shape index (κ2) is 8.95. The van der Waals surface area contributed by atoms with Gasteiger partial charge in [-0.2, -0.15) is 0 Å². The van der Waals surface area contributed by atoms with Crippen LogP contribution in [0.3, 0.4) is 0 Å². The van der Waals surface area contributed by atoms with E-state index in [1.807, 2.05) is 0 Å². The van der Waals surface area contributed by atoms with Gasteiger partial charge in [0.15, 0.2) is 0 Å². The number of amides is 5. The number of hydrogen-bond donors (Lipinski definition) is 3. The molecule has 2 heterocycles. The number of unbranched alkanes of at least 4 members (excludes halogenated alkanes) is 3. The summed E-state index contributed by atoms with van der Waals surface area (Å²) in [7, 11) is 0. The van der Waals surface area contributed by atoms with Gasteiger partial charge in [0.25, 0.3) is 11.8 Å². The molecular formula is C20H24N4O5. The molecule has 1 unspecified atom stereocenters. The number of fused-ring (bicyclic) bond motifs is 1. The van der Waals surface area contributed by atoms with Crippen molar-refractivity contribution < 1.29 is 24.0 Å². The van der Waals surface area contributed by atoms with Gasteiger partial charge >= 0.3 is 0 Å². The molecule has 2 aliphatic heterocycles. The number of nitrogens with two attached hydrogens (primary N) is 1. The van der Waals surface area contributed by atoms with Gasteiger partial charge in [-0.15, -0.1) is 0 Å². The maximum Gasteiger partial charge on any atom is 0.264 e. The van der Waals surface area contributed by atoms with Crippen LogP contribution in [0.4, 0.5) is 5.69 Å². The molecule has 4 N–H and O–H groups in total. The van der Waals surface area contributed by atoms with Crippen molar-refractivity contribution in [3.63, 3.8) is 0 Å². The number of imide groups is 2. The smallest absolute Gasteiger partial charge is 0.264 e. The number of carbonyl (C=O) groups is 5. The summed E-state index contributed by atoms with van der Waals surface area (Å²) in [5.74, 6) is -2.58. The molecule has 1 aromatic rings. The van der Waals surface area contributed by atoms with Crippen molar-refractivity contribution in [1.29, 1.82) is 0 Å². The van der Waals surface area contributed by atoms with Crippen molar-refractivity contribution >= 4 is 35.2 Å². The van der Waals surface area contributed by atoms with Crippen LogP contribution >= 0.6 is 0 Å². The van der Waals surface area contributed by atoms with Crippen molar-refractivity contribution in [1.82, 2.24) is 10.2 Å². The van der Waals surface area contributed by atoms with Crippen molar-refractivity contribution in [2.45, 2.75) is 51.0 Å². The number of carbonyl (C=O) groups excluding carboxylic acids is 5. The highest BCUT2D eigenvalue weighted by molar-refractivity contribution is 6.26. The number of nitrogens with one attached hydrogen (secondary N) is 2. The standard InChI is InChI=1S/C20H24N4O5/c21-11-4-2-1-3-8-15(25)22-13-7-5-6-12-17(13)20(29)24(19(12)28)14-9-10-16(26)23-18(14)27/h5-7,14H,1-4,8-11,21H2,(H,22,25)(H,23,26,27). The Morgan fingerprint density at radius 1 is 1.10 bits per heavy atom. The summed E-state index contributed by atoms with van der Waals surface area (Å²) in [5.41, 5.74) is 5.92. The summed E-state index contributed by atoms with van der Waals surface area (Å²) in [6.45, 7) is 0.627. The zero-order valence-corrected chi connectivity index (χ0v) is 16.0. The molecule has 1 aromatic carbocycles. The molecule has 9 nitrogen and oxygen atoms in total. The van der Waals surface area contributed by atoms with E-state index < -0.39 is 29.7 Å². The molecule has 1 saturated heterocycles. The first-order valence-corrected chi connectivity index (χ1v) is 9.78. The molecule has 29 heavy (non-hydrogen) atoms. The minimum absolute atomic E-state index is 0.0531. The Morgan fingerprint density at radius 3 is 2.59 bits per heavy atom. The Hall–Kier alpha value is -3.07. The third-order valence-corrected chi connectivity index (χ3v) is 5.10. The van der Waals surface area contributed by atoms with Crippen molar-refractivity contribution in [2.24, 2.45) is 5.73 Å². The summed E-state index contributed by atoms with van der Waals surface area (Å²) in [6.07, 6.45) is 3.90. The Labute approximate surface area is 168 Å². The van der Waals surface area contributed by atoms with Crippen LogP contribution in [0.5, 0.6) is 0 Å². The van der Waals surface area contributed by atoms with E-state index in [1.54, 1.807) is 12.1 Å². The van der Waals surface area contributed by atoms with E-state index in [1.165, 1.54) is 6.07 Å². The zero-order valence-electron chi connectivity index (χ0n) is 16.0. The second-order valence-corrected chi connectivity index (χ2v) is 7.18. The van der Waals surface area contributed by atoms with Crippen LogP contribution in [0.2, 0.25) is 0 Å². The van der Waals surface area contributed by atoms with Crippen LogP contribution in [-0.4, -0.2) is 47.0 Å². The Balaban J connectivity index is 1.72. The molecular weight excluding hydrogens is 376 g/mol. The van der Waals surface area contributed by atoms with E-state index in [-0.39, 0.29) is 35.6 Å². The summed E-state index contributed by atoms with van der Waals surface area (Å²) >= 11 is 0. The maximum absolute atomic E-state index is 12.9. The SMILES string of the molecule is NCCCCCCC(=O)Nc1cccc2c1C(=O)N(C1CCC(=O)NC1=O)C2=O. The fourth-order valence-electron chi connectivity index (χ4n) is 3.62. The summed E-state index contributed by atoms with van der Waals surface area (Å²) in [6, 6.07) is 3.59. The molecule has 0 radical (unpaired) electrons. The third kappa shape index (κ3) is 4.34. The van der Waals surface area contributed by atoms with Gasteiger partial charge < -0.3 is 11.1 Å². The molecule has 0 aliphatic carbocycles. The first-order valence-electron chi connectivity index (χ1n) is 9.78. The minimum Gasteiger partial charge on any atom is -0.330 e. The molecule has 0 spiro atoms. The molecule has 5 amide bonds. The van der Waals surface area contributed by atoms with Crippen molar-refractivity contribution in [3.8, 4) is 0 Å². The van der Waals surface area contributed by atoms with Crippen LogP contribution in [0.25, 0.3) is 0 Å². The van der Waals surface area contributed by atoms with Gasteiger partial charge in [-0.05, 0) is 37.9 Å². The lowest BCUT2D eigenvalue weighted by atomic mass is 10.0. The highest BCUT2D eigenvalue weighted by Gasteiger charge is 2.45. The first kappa shape index (κ1) is 20.7. The molecule has 2 aliphatic rings. The van der Waals surface area contributed by atoms with Crippen LogP contribution in [0.1, 0.15) is 65.7 Å². The number of benzene rings is 1. The highest BCUT2D eigenvalue weighted by Crippen LogP contribution is 2.32. The Kier molecular flexibility index (Phi) is 6.38. The number of anilines is 1. The Bertz CT molecular complexity index is 866. The van der Waals surface area contributed by atoms with E-state index in [2.05, 4.69) is 10.6 Å². The maximum atomic E-state index is 12.9. The lowest BCUT2D eigenvalue weighted by Gasteiger charge is -2.27. The fraction of sp³-hybridized carbons (Fsp3) is 0.450. The van der Waals surface area contributed by atoms with Gasteiger partial charge in [0.2, 0.25) is 17.7 Å². The number of nitrogens with zero attached hydrogens (tertiary/aromatic N) is 1. The van der Waals surface area contributed by atoms with Gasteiger partial charge in [-0.3, -0.25) is 34.2 Å². The second-order valence-electron chi connectivity index (χ2n) is 7.18. The molecule has 0 aromatic heterocycles. The van der Waals surface area contributed by atoms with Crippen LogP contribution in [-0.2, 0) is 14.4 Å². The van der Waals surface area contributed by atoms with E-state index in [0.717, 1.165) is 24.2 Å². The molecule has 3 rings (SSSR count). The van der Waals surface area contributed by atoms with Crippen molar-refractivity contribution in [2.75, 3.05) is 11.9 Å². The molecule has 0 saturated carbocycles. The van der Waals surface area contributed by atoms with E-state index in [0.29, 0.717) is 19.4 Å². The van der Waals surface area contributed by atoms with E-state index in [9.17, 15) is 24.0 Å². The number of hydrogen-bond acceptors (Lipinski definition) is 6. The number of piperidine rings is 1. The van der Waals surface area contributed by atoms with Gasteiger partial charge in [-0.1, -0.05) is 18.9 Å². The zero-order chi connectivity index (χ0) is 21.0. The van der Waals surface area contributed by atoms with Crippen molar-refractivity contribution in [3.05, 3.63) is 29.3 Å². The average Bonchev–Trinajstić information content (AvgIpc) is 2.93. The first-order chi connectivity index (χ1) is 13.9. The van der Waals surface area contributed by atoms with Gasteiger partial charge in [0.05, 0.1) is 16.8 Å². The molecule has 154 valence electrons. The van der Waals surface area contributed by atoms with Crippen LogP contribution < -0.4 is 16.4 Å². The van der Waals surface area contributed by atoms with Crippen LogP contribution in [0, 0.1) is 0 Å². The highest BCUT2D eigenvalue weighted by atomic mass is 16.2. The quantitative estimate of drug-likeness (QED) is 0.438. The summed E-state index contributed by atoms with van der Waals surface area (Å²) in [4.78, 5) is 62.3. The molecule has 1 fully saturated rings. The third-order valence-electron chi connectivity index (χ3n) is 5.10. The van der Waals surface area contributed by atoms with Gasteiger partial charge in [-0.25, -0.2) is 0 Å². The topological polar surface area (TPSA) is 139 Å². The fourth-order valence-corrected chi connectivity index (χ4v) is 3.62. The van der Waals surface area contributed by atoms with E-state index >= 15 is 0 Å². The summed E-state index contributed by atoms with van der Waals surface area (Å²) in [5, 5.41) is 4.86. The van der Waals surface area contributed by atoms with Crippen LogP contribution in [0.15, 0.2) is 18.2 Å². The normalized spacial score (nSPS) is 18.7. The lowest BCUT2D eigenvalue weighted by molar-refractivity contribution is -0.136. The summed E-state index contributed by atoms with van der Waals surface area (Å²) < 4.78 is 0. The van der Waals surface area contributed by atoms with Gasteiger partial charge in [0.1, 0.15) is 6.04 Å². The number of rotatable bonds is 8. The molecule has 9 heteroatoms. The minimum atomic E-state index is -1.04. The molecule has 0 bridgehead atoms. The predicted octanol–water partition coefficient (Wildman–Crippen LogP) is 0.935. The largest absolute Gasteiger partial charge is 0.330 e. The predicted molar refractivity (Wildman–Crippen MR) is 104 cm³/mol. The lowest BCUT2D eigenvalue weighted by Crippen LogP contribution is -2.54. The van der Waals surface area contributed by atoms with E-state index in [4.69, 9.17) is 5.73 Å². The average molecular weight is 400 g/mol. The monoisotopic (exact) mass is 400 g/mol. The molecule has 1 atom stereocenters. The Morgan fingerprint density at radius 2 is 1.86 bits per heavy atom.